The molecule has 0 radical (unpaired) electrons. The Morgan fingerprint density at radius 2 is 2.08 bits per heavy atom. The number of hydrogen-bond acceptors (Lipinski definition) is 7. The molecule has 4 heterocycles. The number of urea groups is 1. The fraction of sp³-hybridized carbons (Fsp3) is 0.444. The van der Waals surface area contributed by atoms with Crippen LogP contribution < -0.4 is 4.90 Å². The molecule has 1 N–H and O–H groups in total. The Labute approximate surface area is 217 Å². The number of hydrogen-bond donors (Lipinski definition) is 1. The lowest BCUT2D eigenvalue weighted by Gasteiger charge is -2.43. The fourth-order valence-electron chi connectivity index (χ4n) is 4.78. The van der Waals surface area contributed by atoms with E-state index in [1.54, 1.807) is 30.0 Å². The molecular weight excluding hydrogens is 472 g/mol. The van der Waals surface area contributed by atoms with E-state index in [4.69, 9.17) is 9.72 Å². The monoisotopic (exact) mass is 506 g/mol. The van der Waals surface area contributed by atoms with Crippen molar-refractivity contribution in [3.8, 4) is 0 Å². The van der Waals surface area contributed by atoms with Gasteiger partial charge >= 0.3 is 6.03 Å². The highest BCUT2D eigenvalue weighted by atomic mass is 16.5. The molecule has 0 spiro atoms. The molecule has 1 atom stereocenters. The summed E-state index contributed by atoms with van der Waals surface area (Å²) in [6.45, 7) is 8.78. The van der Waals surface area contributed by atoms with Gasteiger partial charge in [-0.25, -0.2) is 14.8 Å². The topological polar surface area (TPSA) is 111 Å². The molecule has 0 aromatic carbocycles. The van der Waals surface area contributed by atoms with E-state index in [0.29, 0.717) is 61.5 Å². The Morgan fingerprint density at radius 3 is 2.73 bits per heavy atom. The molecule has 0 bridgehead atoms. The average Bonchev–Trinajstić information content (AvgIpc) is 2.93. The molecule has 2 aromatic heterocycles. The van der Waals surface area contributed by atoms with Crippen molar-refractivity contribution in [1.82, 2.24) is 19.8 Å². The third-order valence-corrected chi connectivity index (χ3v) is 6.93. The highest BCUT2D eigenvalue weighted by Crippen LogP contribution is 2.37. The molecule has 0 unspecified atom stereocenters. The number of aromatic nitrogens is 2. The first-order valence-corrected chi connectivity index (χ1v) is 12.5. The van der Waals surface area contributed by atoms with Crippen LogP contribution in [0.25, 0.3) is 16.6 Å². The van der Waals surface area contributed by atoms with Crippen LogP contribution in [0, 0.1) is 0 Å². The van der Waals surface area contributed by atoms with Crippen molar-refractivity contribution in [3.05, 3.63) is 48.4 Å². The third-order valence-electron chi connectivity index (χ3n) is 6.93. The minimum Gasteiger partial charge on any atom is -0.481 e. The summed E-state index contributed by atoms with van der Waals surface area (Å²) in [5.41, 5.74) is 4.59. The van der Waals surface area contributed by atoms with Crippen molar-refractivity contribution >= 4 is 40.1 Å². The van der Waals surface area contributed by atoms with E-state index in [2.05, 4.69) is 16.6 Å². The first kappa shape index (κ1) is 26.3. The van der Waals surface area contributed by atoms with Crippen LogP contribution in [-0.4, -0.2) is 82.1 Å². The van der Waals surface area contributed by atoms with E-state index in [-0.39, 0.29) is 18.0 Å². The molecule has 37 heavy (non-hydrogen) atoms. The maximum atomic E-state index is 13.5. The zero-order chi connectivity index (χ0) is 26.7. The summed E-state index contributed by atoms with van der Waals surface area (Å²) in [7, 11) is 3.31. The minimum absolute atomic E-state index is 0.0989. The largest absolute Gasteiger partial charge is 0.481 e. The van der Waals surface area contributed by atoms with E-state index in [0.717, 1.165) is 16.8 Å². The van der Waals surface area contributed by atoms with Gasteiger partial charge in [0.05, 0.1) is 30.6 Å². The standard InChI is InChI=1S/C27H34N6O4/c1-6-22(34)26(35)32-12-10-19(11-13-32)33-25-18(16-31(4)27(33)36)15-28-21-9-8-20(30-24(21)25)17(3)14-29-23(7-2)37-5/h7-9,14-15,19,22,34H,2,6,10-13,16H2,1,3-5H3/b17-14+,29-23?/t22-/m1/s1. The van der Waals surface area contributed by atoms with Crippen LogP contribution >= 0.6 is 0 Å². The smallest absolute Gasteiger partial charge is 0.324 e. The number of aliphatic hydroxyl groups is 1. The molecule has 196 valence electrons. The summed E-state index contributed by atoms with van der Waals surface area (Å²) in [4.78, 5) is 45.0. The van der Waals surface area contributed by atoms with Crippen LogP contribution in [0.1, 0.15) is 44.4 Å². The number of fused-ring (bicyclic) bond motifs is 3. The Morgan fingerprint density at radius 1 is 1.35 bits per heavy atom. The van der Waals surface area contributed by atoms with E-state index < -0.39 is 6.10 Å². The van der Waals surface area contributed by atoms with Crippen molar-refractivity contribution in [2.45, 2.75) is 51.8 Å². The van der Waals surface area contributed by atoms with Gasteiger partial charge in [-0.15, -0.1) is 0 Å². The van der Waals surface area contributed by atoms with Gasteiger partial charge in [-0.2, -0.15) is 0 Å². The van der Waals surface area contributed by atoms with Gasteiger partial charge in [-0.3, -0.25) is 14.7 Å². The maximum Gasteiger partial charge on any atom is 0.324 e. The Balaban J connectivity index is 1.71. The molecule has 0 aliphatic carbocycles. The van der Waals surface area contributed by atoms with Crippen LogP contribution in [0.2, 0.25) is 0 Å². The molecule has 2 aliphatic rings. The lowest BCUT2D eigenvalue weighted by molar-refractivity contribution is -0.141. The van der Waals surface area contributed by atoms with Crippen molar-refractivity contribution in [2.24, 2.45) is 4.99 Å². The molecule has 0 saturated carbocycles. The second-order valence-corrected chi connectivity index (χ2v) is 9.37. The second kappa shape index (κ2) is 11.1. The highest BCUT2D eigenvalue weighted by molar-refractivity contribution is 6.04. The summed E-state index contributed by atoms with van der Waals surface area (Å²) in [5.74, 6) is 0.151. The van der Waals surface area contributed by atoms with Crippen molar-refractivity contribution in [2.75, 3.05) is 32.1 Å². The number of rotatable bonds is 6. The predicted octanol–water partition coefficient (Wildman–Crippen LogP) is 3.36. The van der Waals surface area contributed by atoms with Crippen LogP contribution in [0.3, 0.4) is 0 Å². The summed E-state index contributed by atoms with van der Waals surface area (Å²) in [5, 5.41) is 9.98. The predicted molar refractivity (Wildman–Crippen MR) is 143 cm³/mol. The Hall–Kier alpha value is -3.79. The van der Waals surface area contributed by atoms with Gasteiger partial charge in [-0.05, 0) is 50.0 Å². The summed E-state index contributed by atoms with van der Waals surface area (Å²) >= 11 is 0. The van der Waals surface area contributed by atoms with Gasteiger partial charge in [0.15, 0.2) is 0 Å². The van der Waals surface area contributed by atoms with Gasteiger partial charge in [0.25, 0.3) is 5.91 Å². The number of likely N-dealkylation sites (tertiary alicyclic amines) is 1. The average molecular weight is 507 g/mol. The summed E-state index contributed by atoms with van der Waals surface area (Å²) in [6, 6.07) is 3.58. The number of aliphatic hydroxyl groups excluding tert-OH is 1. The lowest BCUT2D eigenvalue weighted by atomic mass is 9.99. The molecule has 4 rings (SSSR count). The number of ether oxygens (including phenoxy) is 1. The van der Waals surface area contributed by atoms with E-state index in [1.807, 2.05) is 30.2 Å². The number of allylic oxidation sites excluding steroid dienone is 1. The summed E-state index contributed by atoms with van der Waals surface area (Å²) in [6.07, 6.45) is 5.64. The van der Waals surface area contributed by atoms with Crippen molar-refractivity contribution < 1.29 is 19.4 Å². The zero-order valence-electron chi connectivity index (χ0n) is 21.8. The van der Waals surface area contributed by atoms with Gasteiger partial charge in [-0.1, -0.05) is 13.5 Å². The van der Waals surface area contributed by atoms with E-state index in [1.165, 1.54) is 13.2 Å². The number of aliphatic imine (C=N–C) groups is 1. The lowest BCUT2D eigenvalue weighted by Crippen LogP contribution is -2.55. The van der Waals surface area contributed by atoms with Crippen LogP contribution in [0.15, 0.2) is 42.2 Å². The fourth-order valence-corrected chi connectivity index (χ4v) is 4.78. The quantitative estimate of drug-likeness (QED) is 0.475. The number of carbonyl (C=O) groups is 2. The third kappa shape index (κ3) is 5.20. The van der Waals surface area contributed by atoms with E-state index in [9.17, 15) is 14.7 Å². The number of anilines is 1. The molecular formula is C27H34N6O4. The first-order chi connectivity index (χ1) is 17.8. The number of piperidine rings is 1. The van der Waals surface area contributed by atoms with Gasteiger partial charge in [0.1, 0.15) is 11.6 Å². The molecule has 2 aliphatic heterocycles. The second-order valence-electron chi connectivity index (χ2n) is 9.37. The molecule has 10 nitrogen and oxygen atoms in total. The van der Waals surface area contributed by atoms with Crippen LogP contribution in [-0.2, 0) is 16.1 Å². The molecule has 3 amide bonds. The zero-order valence-corrected chi connectivity index (χ0v) is 21.8. The molecule has 1 saturated heterocycles. The highest BCUT2D eigenvalue weighted by Gasteiger charge is 2.38. The summed E-state index contributed by atoms with van der Waals surface area (Å²) < 4.78 is 5.14. The van der Waals surface area contributed by atoms with Crippen molar-refractivity contribution in [1.29, 1.82) is 0 Å². The first-order valence-electron chi connectivity index (χ1n) is 12.5. The van der Waals surface area contributed by atoms with Crippen LogP contribution in [0.4, 0.5) is 10.5 Å². The van der Waals surface area contributed by atoms with Crippen molar-refractivity contribution in [3.63, 3.8) is 0 Å². The normalized spacial score (nSPS) is 18.2. The minimum atomic E-state index is -0.982. The number of nitrogens with zero attached hydrogens (tertiary/aromatic N) is 6. The molecule has 2 aromatic rings. The maximum absolute atomic E-state index is 13.5. The van der Waals surface area contributed by atoms with Gasteiger partial charge in [0, 0.05) is 44.1 Å². The van der Waals surface area contributed by atoms with E-state index >= 15 is 0 Å². The number of carbonyl (C=O) groups excluding carboxylic acids is 2. The Kier molecular flexibility index (Phi) is 7.87. The molecule has 1 fully saturated rings. The molecule has 10 heteroatoms. The SMILES string of the molecule is C=CC(=N/C=C(\C)c1ccc2ncc3c(c2n1)N(C1CCN(C(=O)[C@H](O)CC)CC1)C(=O)N(C)C3)OC. The van der Waals surface area contributed by atoms with Crippen LogP contribution in [0.5, 0.6) is 0 Å². The Bertz CT molecular complexity index is 1270. The number of methoxy groups -OCH3 is 1. The van der Waals surface area contributed by atoms with Gasteiger partial charge < -0.3 is 19.6 Å². The van der Waals surface area contributed by atoms with Gasteiger partial charge in [0.2, 0.25) is 5.90 Å². The number of amides is 3. The number of pyridine rings is 2.